The van der Waals surface area contributed by atoms with Gasteiger partial charge >= 0.3 is 0 Å². The van der Waals surface area contributed by atoms with Crippen molar-refractivity contribution in [3.8, 4) is 6.07 Å². The van der Waals surface area contributed by atoms with Gasteiger partial charge in [-0.25, -0.2) is 0 Å². The van der Waals surface area contributed by atoms with Crippen LogP contribution in [0.2, 0.25) is 0 Å². The minimum Gasteiger partial charge on any atom is -0.300 e. The van der Waals surface area contributed by atoms with Gasteiger partial charge in [0.25, 0.3) is 0 Å². The zero-order valence-electron chi connectivity index (χ0n) is 9.61. The quantitative estimate of drug-likeness (QED) is 0.714. The van der Waals surface area contributed by atoms with Crippen LogP contribution in [0.1, 0.15) is 42.3 Å². The van der Waals surface area contributed by atoms with Gasteiger partial charge in [0, 0.05) is 18.7 Å². The molecule has 1 aromatic heterocycles. The maximum absolute atomic E-state index is 9.27. The van der Waals surface area contributed by atoms with Gasteiger partial charge in [0.15, 0.2) is 0 Å². The van der Waals surface area contributed by atoms with Crippen LogP contribution in [0.15, 0.2) is 0 Å². The molecule has 0 bridgehead atoms. The molecular formula is C12H16N4. The average Bonchev–Trinajstić information content (AvgIpc) is 2.52. The Hall–Kier alpha value is -1.34. The number of fused-ring (bicyclic) bond motifs is 1. The first kappa shape index (κ1) is 9.86. The van der Waals surface area contributed by atoms with Gasteiger partial charge < -0.3 is 4.90 Å². The molecule has 84 valence electrons. The summed E-state index contributed by atoms with van der Waals surface area (Å²) in [6.45, 7) is 1.93. The second-order valence-corrected chi connectivity index (χ2v) is 4.90. The topological polar surface area (TPSA) is 44.9 Å². The largest absolute Gasteiger partial charge is 0.300 e. The molecule has 1 saturated carbocycles. The molecule has 0 N–H and O–H groups in total. The Balaban J connectivity index is 2.03. The number of rotatable bonds is 1. The number of aromatic nitrogens is 2. The van der Waals surface area contributed by atoms with Crippen molar-refractivity contribution in [1.82, 2.24) is 14.7 Å². The van der Waals surface area contributed by atoms with E-state index in [4.69, 9.17) is 0 Å². The summed E-state index contributed by atoms with van der Waals surface area (Å²) in [4.78, 5) is 2.27. The number of hydrogen-bond acceptors (Lipinski definition) is 3. The lowest BCUT2D eigenvalue weighted by Crippen LogP contribution is -2.26. The predicted molar refractivity (Wildman–Crippen MR) is 59.9 cm³/mol. The average molecular weight is 216 g/mol. The first-order valence-electron chi connectivity index (χ1n) is 5.98. The molecule has 0 radical (unpaired) electrons. The summed E-state index contributed by atoms with van der Waals surface area (Å²) < 4.78 is 1.99. The highest BCUT2D eigenvalue weighted by Crippen LogP contribution is 2.34. The van der Waals surface area contributed by atoms with E-state index in [1.807, 2.05) is 4.68 Å². The van der Waals surface area contributed by atoms with E-state index < -0.39 is 0 Å². The van der Waals surface area contributed by atoms with Crippen molar-refractivity contribution >= 4 is 0 Å². The van der Waals surface area contributed by atoms with Gasteiger partial charge in [0.05, 0.1) is 11.7 Å². The summed E-state index contributed by atoms with van der Waals surface area (Å²) >= 11 is 0. The monoisotopic (exact) mass is 216 g/mol. The standard InChI is InChI=1S/C12H16N4/c1-15-6-5-10-11(8-15)14-16(12(10)7-13)9-3-2-4-9/h9H,2-6,8H2,1H3. The second-order valence-electron chi connectivity index (χ2n) is 4.90. The lowest BCUT2D eigenvalue weighted by atomic mass is 9.93. The van der Waals surface area contributed by atoms with E-state index in [1.54, 1.807) is 0 Å². The van der Waals surface area contributed by atoms with Crippen LogP contribution in [-0.4, -0.2) is 28.3 Å². The zero-order valence-corrected chi connectivity index (χ0v) is 9.61. The lowest BCUT2D eigenvalue weighted by Gasteiger charge is -2.26. The van der Waals surface area contributed by atoms with Gasteiger partial charge in [0.1, 0.15) is 11.8 Å². The molecule has 0 aromatic carbocycles. The van der Waals surface area contributed by atoms with Crippen molar-refractivity contribution < 1.29 is 0 Å². The van der Waals surface area contributed by atoms with Crippen molar-refractivity contribution in [2.24, 2.45) is 0 Å². The minimum absolute atomic E-state index is 0.491. The Morgan fingerprint density at radius 2 is 2.25 bits per heavy atom. The SMILES string of the molecule is CN1CCc2c(nn(C3CCC3)c2C#N)C1. The zero-order chi connectivity index (χ0) is 11.1. The molecule has 2 heterocycles. The minimum atomic E-state index is 0.491. The van der Waals surface area contributed by atoms with E-state index in [1.165, 1.54) is 24.8 Å². The number of hydrogen-bond donors (Lipinski definition) is 0. The van der Waals surface area contributed by atoms with Crippen molar-refractivity contribution in [2.45, 2.75) is 38.3 Å². The van der Waals surface area contributed by atoms with Crippen LogP contribution in [-0.2, 0) is 13.0 Å². The first-order chi connectivity index (χ1) is 7.79. The summed E-state index contributed by atoms with van der Waals surface area (Å²) in [7, 11) is 2.11. The van der Waals surface area contributed by atoms with Gasteiger partial charge in [-0.05, 0) is 32.7 Å². The Kier molecular flexibility index (Phi) is 2.22. The van der Waals surface area contributed by atoms with Gasteiger partial charge in [-0.2, -0.15) is 10.4 Å². The fraction of sp³-hybridized carbons (Fsp3) is 0.667. The Bertz CT molecular complexity index is 450. The third-order valence-corrected chi connectivity index (χ3v) is 3.78. The molecule has 4 heteroatoms. The third-order valence-electron chi connectivity index (χ3n) is 3.78. The lowest BCUT2D eigenvalue weighted by molar-refractivity contribution is 0.280. The third kappa shape index (κ3) is 1.35. The molecule has 1 aromatic rings. The first-order valence-corrected chi connectivity index (χ1v) is 5.98. The van der Waals surface area contributed by atoms with Crippen LogP contribution >= 0.6 is 0 Å². The summed E-state index contributed by atoms with van der Waals surface area (Å²) in [5.74, 6) is 0. The molecule has 0 atom stereocenters. The normalized spacial score (nSPS) is 21.2. The van der Waals surface area contributed by atoms with Crippen molar-refractivity contribution in [1.29, 1.82) is 5.26 Å². The molecule has 0 saturated heterocycles. The van der Waals surface area contributed by atoms with Crippen molar-refractivity contribution in [3.05, 3.63) is 17.0 Å². The van der Waals surface area contributed by atoms with E-state index in [2.05, 4.69) is 23.1 Å². The fourth-order valence-electron chi connectivity index (χ4n) is 2.56. The van der Waals surface area contributed by atoms with Crippen LogP contribution in [0.4, 0.5) is 0 Å². The van der Waals surface area contributed by atoms with Crippen LogP contribution < -0.4 is 0 Å². The van der Waals surface area contributed by atoms with Gasteiger partial charge in [-0.1, -0.05) is 0 Å². The Morgan fingerprint density at radius 1 is 1.44 bits per heavy atom. The maximum atomic E-state index is 9.27. The van der Waals surface area contributed by atoms with E-state index in [0.29, 0.717) is 6.04 Å². The van der Waals surface area contributed by atoms with Gasteiger partial charge in [-0.15, -0.1) is 0 Å². The van der Waals surface area contributed by atoms with Crippen LogP contribution in [0.3, 0.4) is 0 Å². The molecule has 16 heavy (non-hydrogen) atoms. The number of likely N-dealkylation sites (N-methyl/N-ethyl adjacent to an activating group) is 1. The van der Waals surface area contributed by atoms with Crippen molar-refractivity contribution in [2.75, 3.05) is 13.6 Å². The second kappa shape index (κ2) is 3.60. The summed E-state index contributed by atoms with van der Waals surface area (Å²) in [6, 6.07) is 2.84. The van der Waals surface area contributed by atoms with Gasteiger partial charge in [-0.3, -0.25) is 4.68 Å². The smallest absolute Gasteiger partial charge is 0.142 e. The highest BCUT2D eigenvalue weighted by atomic mass is 15.3. The van der Waals surface area contributed by atoms with Crippen LogP contribution in [0.25, 0.3) is 0 Å². The van der Waals surface area contributed by atoms with Crippen LogP contribution in [0, 0.1) is 11.3 Å². The Labute approximate surface area is 95.5 Å². The molecule has 4 nitrogen and oxygen atoms in total. The predicted octanol–water partition coefficient (Wildman–Crippen LogP) is 1.47. The van der Waals surface area contributed by atoms with E-state index in [9.17, 15) is 5.26 Å². The molecule has 0 spiro atoms. The fourth-order valence-corrected chi connectivity index (χ4v) is 2.56. The molecular weight excluding hydrogens is 200 g/mol. The van der Waals surface area contributed by atoms with Gasteiger partial charge in [0.2, 0.25) is 0 Å². The molecule has 0 amide bonds. The van der Waals surface area contributed by atoms with E-state index >= 15 is 0 Å². The molecule has 0 unspecified atom stereocenters. The number of nitrogens with zero attached hydrogens (tertiary/aromatic N) is 4. The van der Waals surface area contributed by atoms with E-state index in [-0.39, 0.29) is 0 Å². The molecule has 1 aliphatic carbocycles. The highest BCUT2D eigenvalue weighted by molar-refractivity contribution is 5.37. The Morgan fingerprint density at radius 3 is 2.88 bits per heavy atom. The summed E-state index contributed by atoms with van der Waals surface area (Å²) in [6.07, 6.45) is 4.62. The molecule has 3 rings (SSSR count). The maximum Gasteiger partial charge on any atom is 0.142 e. The van der Waals surface area contributed by atoms with Crippen molar-refractivity contribution in [3.63, 3.8) is 0 Å². The van der Waals surface area contributed by atoms with E-state index in [0.717, 1.165) is 30.9 Å². The van der Waals surface area contributed by atoms with Crippen LogP contribution in [0.5, 0.6) is 0 Å². The highest BCUT2D eigenvalue weighted by Gasteiger charge is 2.28. The molecule has 1 fully saturated rings. The number of nitriles is 1. The summed E-state index contributed by atoms with van der Waals surface area (Å²) in [5.41, 5.74) is 3.15. The molecule has 1 aliphatic heterocycles. The molecule has 2 aliphatic rings. The summed E-state index contributed by atoms with van der Waals surface area (Å²) in [5, 5.41) is 13.9.